The summed E-state index contributed by atoms with van der Waals surface area (Å²) < 4.78 is 0. The molecule has 0 aromatic rings. The van der Waals surface area contributed by atoms with E-state index in [2.05, 4.69) is 20.8 Å². The Bertz CT molecular complexity index is 250. The summed E-state index contributed by atoms with van der Waals surface area (Å²) in [4.78, 5) is 4.82. The Morgan fingerprint density at radius 3 is 2.35 bits per heavy atom. The van der Waals surface area contributed by atoms with E-state index in [1.165, 1.54) is 12.8 Å². The van der Waals surface area contributed by atoms with Gasteiger partial charge in [0.15, 0.2) is 0 Å². The van der Waals surface area contributed by atoms with Crippen molar-refractivity contribution in [1.82, 2.24) is 0 Å². The molecule has 0 aliphatic heterocycles. The molecule has 0 aromatic carbocycles. The molecule has 0 heterocycles. The summed E-state index contributed by atoms with van der Waals surface area (Å²) in [5.41, 5.74) is 13.3. The van der Waals surface area contributed by atoms with Crippen molar-refractivity contribution in [3.05, 3.63) is 11.8 Å². The lowest BCUT2D eigenvalue weighted by atomic mass is 10.0. The lowest BCUT2D eigenvalue weighted by Gasteiger charge is -2.15. The summed E-state index contributed by atoms with van der Waals surface area (Å²) in [6, 6.07) is 0.355. The van der Waals surface area contributed by atoms with E-state index in [0.717, 1.165) is 24.3 Å². The third-order valence-corrected chi connectivity index (χ3v) is 2.69. The van der Waals surface area contributed by atoms with E-state index in [-0.39, 0.29) is 0 Å². The lowest BCUT2D eigenvalue weighted by Crippen LogP contribution is -2.17. The van der Waals surface area contributed by atoms with Crippen LogP contribution in [0.3, 0.4) is 0 Å². The second-order valence-electron chi connectivity index (χ2n) is 4.97. The van der Waals surface area contributed by atoms with E-state index >= 15 is 0 Å². The number of nitrogens with zero attached hydrogens (tertiary/aromatic N) is 1. The second kappa shape index (κ2) is 9.23. The molecule has 0 amide bonds. The monoisotopic (exact) mass is 239 g/mol. The molecule has 3 heteroatoms. The molecule has 0 spiro atoms. The van der Waals surface area contributed by atoms with Crippen LogP contribution < -0.4 is 11.5 Å². The zero-order valence-corrected chi connectivity index (χ0v) is 11.9. The first kappa shape index (κ1) is 16.2. The maximum atomic E-state index is 5.74. The standard InChI is InChI=1S/C14H29N3/c1-5-6-7-13(8-9-15)17-14(11(2)3)10-12(4)16/h10-11,13H,5-9,15-16H2,1-4H3. The Morgan fingerprint density at radius 1 is 1.29 bits per heavy atom. The maximum absolute atomic E-state index is 5.74. The van der Waals surface area contributed by atoms with Crippen LogP contribution in [0.5, 0.6) is 0 Å². The molecule has 0 rings (SSSR count). The number of nitrogens with two attached hydrogens (primary N) is 2. The Labute approximate surface area is 106 Å². The summed E-state index contributed by atoms with van der Waals surface area (Å²) in [5.74, 6) is 0.412. The molecule has 0 aliphatic carbocycles. The first-order valence-electron chi connectivity index (χ1n) is 6.72. The minimum atomic E-state index is 0.355. The number of unbranched alkanes of at least 4 members (excludes halogenated alkanes) is 1. The fraction of sp³-hybridized carbons (Fsp3) is 0.786. The van der Waals surface area contributed by atoms with Gasteiger partial charge in [-0.05, 0) is 38.3 Å². The van der Waals surface area contributed by atoms with Crippen molar-refractivity contribution >= 4 is 5.71 Å². The van der Waals surface area contributed by atoms with Crippen LogP contribution in [0.15, 0.2) is 16.8 Å². The van der Waals surface area contributed by atoms with Gasteiger partial charge >= 0.3 is 0 Å². The number of rotatable bonds is 8. The summed E-state index contributed by atoms with van der Waals surface area (Å²) >= 11 is 0. The van der Waals surface area contributed by atoms with Crippen molar-refractivity contribution in [2.45, 2.75) is 59.4 Å². The van der Waals surface area contributed by atoms with Gasteiger partial charge in [-0.3, -0.25) is 4.99 Å². The first-order chi connectivity index (χ1) is 8.01. The van der Waals surface area contributed by atoms with Gasteiger partial charge in [0, 0.05) is 11.4 Å². The Hall–Kier alpha value is -0.830. The Morgan fingerprint density at radius 2 is 1.94 bits per heavy atom. The van der Waals surface area contributed by atoms with Crippen molar-refractivity contribution in [1.29, 1.82) is 0 Å². The van der Waals surface area contributed by atoms with Crippen LogP contribution >= 0.6 is 0 Å². The molecule has 3 nitrogen and oxygen atoms in total. The number of hydrogen-bond donors (Lipinski definition) is 2. The van der Waals surface area contributed by atoms with E-state index in [1.54, 1.807) is 0 Å². The molecular formula is C14H29N3. The summed E-state index contributed by atoms with van der Waals surface area (Å²) in [6.45, 7) is 9.11. The molecule has 1 atom stereocenters. The van der Waals surface area contributed by atoms with Gasteiger partial charge in [-0.2, -0.15) is 0 Å². The predicted octanol–water partition coefficient (Wildman–Crippen LogP) is 2.85. The minimum absolute atomic E-state index is 0.355. The average molecular weight is 239 g/mol. The van der Waals surface area contributed by atoms with Crippen molar-refractivity contribution in [3.8, 4) is 0 Å². The van der Waals surface area contributed by atoms with E-state index in [0.29, 0.717) is 18.5 Å². The highest BCUT2D eigenvalue weighted by atomic mass is 14.8. The minimum Gasteiger partial charge on any atom is -0.402 e. The van der Waals surface area contributed by atoms with Crippen molar-refractivity contribution in [2.24, 2.45) is 22.4 Å². The van der Waals surface area contributed by atoms with Gasteiger partial charge in [-0.1, -0.05) is 33.6 Å². The third kappa shape index (κ3) is 7.97. The quantitative estimate of drug-likeness (QED) is 0.640. The van der Waals surface area contributed by atoms with Crippen LogP contribution in [-0.2, 0) is 0 Å². The molecule has 0 aromatic heterocycles. The van der Waals surface area contributed by atoms with Crippen molar-refractivity contribution in [3.63, 3.8) is 0 Å². The van der Waals surface area contributed by atoms with E-state index in [4.69, 9.17) is 16.5 Å². The zero-order chi connectivity index (χ0) is 13.3. The first-order valence-corrected chi connectivity index (χ1v) is 6.72. The normalized spacial score (nSPS) is 15.4. The zero-order valence-electron chi connectivity index (χ0n) is 11.9. The summed E-state index contributed by atoms with van der Waals surface area (Å²) in [7, 11) is 0. The highest BCUT2D eigenvalue weighted by molar-refractivity contribution is 5.96. The smallest absolute Gasteiger partial charge is 0.0515 e. The Balaban J connectivity index is 4.75. The van der Waals surface area contributed by atoms with Gasteiger partial charge < -0.3 is 11.5 Å². The molecule has 0 radical (unpaired) electrons. The molecule has 1 unspecified atom stereocenters. The average Bonchev–Trinajstić information content (AvgIpc) is 2.24. The van der Waals surface area contributed by atoms with Crippen LogP contribution in [0, 0.1) is 5.92 Å². The molecule has 0 bridgehead atoms. The molecule has 17 heavy (non-hydrogen) atoms. The predicted molar refractivity (Wildman–Crippen MR) is 77.2 cm³/mol. The summed E-state index contributed by atoms with van der Waals surface area (Å²) in [5, 5.41) is 0. The maximum Gasteiger partial charge on any atom is 0.0515 e. The fourth-order valence-corrected chi connectivity index (χ4v) is 1.70. The van der Waals surface area contributed by atoms with Gasteiger partial charge in [0.1, 0.15) is 0 Å². The second-order valence-corrected chi connectivity index (χ2v) is 4.97. The van der Waals surface area contributed by atoms with Crippen LogP contribution in [0.1, 0.15) is 53.4 Å². The van der Waals surface area contributed by atoms with Gasteiger partial charge in [0.25, 0.3) is 0 Å². The number of hydrogen-bond acceptors (Lipinski definition) is 3. The molecular weight excluding hydrogens is 210 g/mol. The van der Waals surface area contributed by atoms with Crippen molar-refractivity contribution < 1.29 is 0 Å². The fourth-order valence-electron chi connectivity index (χ4n) is 1.70. The van der Waals surface area contributed by atoms with Crippen LogP contribution in [-0.4, -0.2) is 18.3 Å². The number of allylic oxidation sites excluding steroid dienone is 2. The van der Waals surface area contributed by atoms with Gasteiger partial charge in [-0.25, -0.2) is 0 Å². The van der Waals surface area contributed by atoms with E-state index in [1.807, 2.05) is 13.0 Å². The third-order valence-electron chi connectivity index (χ3n) is 2.69. The molecule has 0 fully saturated rings. The SMILES string of the molecule is CCCCC(CCN)N=C(C=C(C)N)C(C)C. The van der Waals surface area contributed by atoms with Gasteiger partial charge in [-0.15, -0.1) is 0 Å². The molecule has 0 aliphatic rings. The highest BCUT2D eigenvalue weighted by Crippen LogP contribution is 2.11. The highest BCUT2D eigenvalue weighted by Gasteiger charge is 2.09. The van der Waals surface area contributed by atoms with E-state index in [9.17, 15) is 0 Å². The lowest BCUT2D eigenvalue weighted by molar-refractivity contribution is 0.547. The molecule has 0 saturated heterocycles. The van der Waals surface area contributed by atoms with Crippen molar-refractivity contribution in [2.75, 3.05) is 6.54 Å². The van der Waals surface area contributed by atoms with Crippen LogP contribution in [0.25, 0.3) is 0 Å². The topological polar surface area (TPSA) is 64.4 Å². The number of aliphatic imine (C=N–C) groups is 1. The van der Waals surface area contributed by atoms with Crippen LogP contribution in [0.4, 0.5) is 0 Å². The largest absolute Gasteiger partial charge is 0.402 e. The molecule has 0 saturated carbocycles. The van der Waals surface area contributed by atoms with Gasteiger partial charge in [0.05, 0.1) is 6.04 Å². The van der Waals surface area contributed by atoms with Crippen LogP contribution in [0.2, 0.25) is 0 Å². The Kier molecular flexibility index (Phi) is 8.78. The summed E-state index contributed by atoms with van der Waals surface area (Å²) in [6.07, 6.45) is 6.50. The van der Waals surface area contributed by atoms with E-state index < -0.39 is 0 Å². The van der Waals surface area contributed by atoms with Gasteiger partial charge in [0.2, 0.25) is 0 Å². The molecule has 100 valence electrons. The molecule has 4 N–H and O–H groups in total.